The molecule has 2 saturated heterocycles. The zero-order valence-electron chi connectivity index (χ0n) is 65.7. The lowest BCUT2D eigenvalue weighted by molar-refractivity contribution is -0.137. The molecule has 0 aliphatic carbocycles. The van der Waals surface area contributed by atoms with E-state index in [0.717, 1.165) is 75.8 Å². The Kier molecular flexibility index (Phi) is 37.1. The number of nitrogens with one attached hydrogen (secondary N) is 8. The Morgan fingerprint density at radius 3 is 1.15 bits per heavy atom. The van der Waals surface area contributed by atoms with E-state index in [1.54, 1.807) is 0 Å². The van der Waals surface area contributed by atoms with E-state index in [-0.39, 0.29) is 109 Å². The number of amides is 7. The van der Waals surface area contributed by atoms with Crippen LogP contribution in [0.4, 0.5) is 0 Å². The SMILES string of the molecule is NCCOCCOCCOCCOCCOCCOCCC(=O)NC1(C(=O)N[C@@H](Cc2ccc3ccc4cccc5ccc2c3c45)C(=O)NCCCCC(=O)N[C@H](Cc2ccc3ccc4cccc5ccc2c3c45)C(=O)NC2(C(=O)NCCOCCOCCOCCOCCOCCOCCC(N)=O)CCNCC2)CCNCC1. The first kappa shape index (κ1) is 87.9. The summed E-state index contributed by atoms with van der Waals surface area (Å²) < 4.78 is 66.5. The molecule has 0 radical (unpaired) electrons. The Balaban J connectivity index is 0.715. The molecule has 2 atom stereocenters. The second-order valence-electron chi connectivity index (χ2n) is 28.5. The van der Waals surface area contributed by atoms with E-state index in [4.69, 9.17) is 68.3 Å². The van der Waals surface area contributed by atoms with E-state index in [9.17, 15) is 28.8 Å². The van der Waals surface area contributed by atoms with Gasteiger partial charge in [0.05, 0.1) is 159 Å². The van der Waals surface area contributed by atoms with Gasteiger partial charge < -0.3 is 111 Å². The first-order valence-electron chi connectivity index (χ1n) is 40.3. The number of hydrogen-bond acceptors (Lipinski definition) is 22. The molecule has 0 spiro atoms. The van der Waals surface area contributed by atoms with Crippen molar-refractivity contribution in [2.45, 2.75) is 93.8 Å². The van der Waals surface area contributed by atoms with Gasteiger partial charge in [-0.25, -0.2) is 0 Å². The summed E-state index contributed by atoms with van der Waals surface area (Å²) in [6, 6.07) is 35.0. The van der Waals surface area contributed by atoms with Gasteiger partial charge in [-0.05, 0) is 140 Å². The molecule has 29 heteroatoms. The van der Waals surface area contributed by atoms with E-state index >= 15 is 4.79 Å². The van der Waals surface area contributed by atoms with Gasteiger partial charge in [0.2, 0.25) is 41.4 Å². The molecule has 0 unspecified atom stereocenters. The fourth-order valence-electron chi connectivity index (χ4n) is 14.5. The number of carbonyl (C=O) groups excluding carboxylic acids is 7. The molecular formula is C85H116N10O19. The summed E-state index contributed by atoms with van der Waals surface area (Å²) in [6.07, 6.45) is 2.32. The van der Waals surface area contributed by atoms with Crippen LogP contribution in [-0.4, -0.2) is 269 Å². The van der Waals surface area contributed by atoms with E-state index in [1.807, 2.05) is 36.4 Å². The van der Waals surface area contributed by atoms with Gasteiger partial charge >= 0.3 is 0 Å². The third kappa shape index (κ3) is 27.1. The maximum absolute atomic E-state index is 15.1. The molecule has 29 nitrogen and oxygen atoms in total. The van der Waals surface area contributed by atoms with Crippen LogP contribution in [0.1, 0.15) is 68.9 Å². The second kappa shape index (κ2) is 48.2. The van der Waals surface area contributed by atoms with E-state index in [0.29, 0.717) is 184 Å². The van der Waals surface area contributed by atoms with Gasteiger partial charge in [-0.1, -0.05) is 109 Å². The molecule has 620 valence electrons. The molecule has 2 aliphatic heterocycles. The first-order valence-corrected chi connectivity index (χ1v) is 40.3. The molecule has 2 aliphatic rings. The largest absolute Gasteiger partial charge is 0.379 e. The van der Waals surface area contributed by atoms with Crippen LogP contribution in [0.5, 0.6) is 0 Å². The molecular weight excluding hydrogens is 1460 g/mol. The third-order valence-corrected chi connectivity index (χ3v) is 20.5. The summed E-state index contributed by atoms with van der Waals surface area (Å²) in [5.41, 5.74) is 9.59. The molecule has 12 N–H and O–H groups in total. The number of unbranched alkanes of at least 4 members (excludes halogenated alkanes) is 1. The smallest absolute Gasteiger partial charge is 0.246 e. The average molecular weight is 1580 g/mol. The number of ether oxygens (including phenoxy) is 12. The fraction of sp³-hybridized carbons (Fsp3) is 0.541. The highest BCUT2D eigenvalue weighted by molar-refractivity contribution is 6.25. The highest BCUT2D eigenvalue weighted by atomic mass is 16.6. The average Bonchev–Trinajstić information content (AvgIpc) is 0.745. The Labute approximate surface area is 665 Å². The fourth-order valence-corrected chi connectivity index (χ4v) is 14.5. The van der Waals surface area contributed by atoms with Gasteiger partial charge in [0.25, 0.3) is 0 Å². The van der Waals surface area contributed by atoms with Crippen molar-refractivity contribution in [1.29, 1.82) is 0 Å². The normalized spacial score (nSPS) is 14.7. The Hall–Kier alpha value is -8.47. The summed E-state index contributed by atoms with van der Waals surface area (Å²) in [5, 5.41) is 37.9. The van der Waals surface area contributed by atoms with Crippen LogP contribution >= 0.6 is 0 Å². The van der Waals surface area contributed by atoms with Crippen molar-refractivity contribution in [1.82, 2.24) is 42.5 Å². The van der Waals surface area contributed by atoms with Crippen molar-refractivity contribution in [2.24, 2.45) is 11.5 Å². The number of primary amides is 1. The molecule has 2 heterocycles. The number of piperidine rings is 2. The zero-order valence-corrected chi connectivity index (χ0v) is 65.7. The van der Waals surface area contributed by atoms with Crippen molar-refractivity contribution in [3.63, 3.8) is 0 Å². The van der Waals surface area contributed by atoms with Crippen LogP contribution in [-0.2, 0) is 103 Å². The minimum absolute atomic E-state index is 0.00779. The van der Waals surface area contributed by atoms with Crippen molar-refractivity contribution >= 4 is 106 Å². The summed E-state index contributed by atoms with van der Waals surface area (Å²) in [6.45, 7) is 11.4. The number of carbonyl (C=O) groups is 7. The molecule has 114 heavy (non-hydrogen) atoms. The Morgan fingerprint density at radius 1 is 0.351 bits per heavy atom. The van der Waals surface area contributed by atoms with Crippen LogP contribution in [0.3, 0.4) is 0 Å². The summed E-state index contributed by atoms with van der Waals surface area (Å²) in [5.74, 6) is -2.92. The molecule has 8 aromatic rings. The van der Waals surface area contributed by atoms with Gasteiger partial charge in [-0.15, -0.1) is 0 Å². The van der Waals surface area contributed by atoms with Crippen LogP contribution in [0.15, 0.2) is 109 Å². The van der Waals surface area contributed by atoms with E-state index in [1.165, 1.54) is 0 Å². The third-order valence-electron chi connectivity index (χ3n) is 20.5. The molecule has 10 rings (SSSR count). The van der Waals surface area contributed by atoms with Crippen LogP contribution in [0.25, 0.3) is 64.6 Å². The lowest BCUT2D eigenvalue weighted by Gasteiger charge is -2.38. The van der Waals surface area contributed by atoms with Gasteiger partial charge in [0.1, 0.15) is 23.2 Å². The van der Waals surface area contributed by atoms with Gasteiger partial charge in [-0.2, -0.15) is 0 Å². The molecule has 8 aromatic carbocycles. The zero-order chi connectivity index (χ0) is 79.8. The minimum atomic E-state index is -1.33. The summed E-state index contributed by atoms with van der Waals surface area (Å²) in [7, 11) is 0. The van der Waals surface area contributed by atoms with Crippen LogP contribution in [0.2, 0.25) is 0 Å². The maximum atomic E-state index is 15.1. The van der Waals surface area contributed by atoms with Gasteiger partial charge in [-0.3, -0.25) is 33.6 Å². The van der Waals surface area contributed by atoms with Gasteiger partial charge in [0.15, 0.2) is 0 Å². The quantitative estimate of drug-likeness (QED) is 0.0185. The lowest BCUT2D eigenvalue weighted by atomic mass is 9.86. The molecule has 0 bridgehead atoms. The predicted octanol–water partition coefficient (Wildman–Crippen LogP) is 4.54. The van der Waals surface area contributed by atoms with Crippen molar-refractivity contribution in [3.8, 4) is 0 Å². The second-order valence-corrected chi connectivity index (χ2v) is 28.5. The number of nitrogens with two attached hydrogens (primary N) is 2. The van der Waals surface area contributed by atoms with Crippen molar-refractivity contribution in [3.05, 3.63) is 120 Å². The van der Waals surface area contributed by atoms with Crippen molar-refractivity contribution in [2.75, 3.05) is 204 Å². The van der Waals surface area contributed by atoms with E-state index in [2.05, 4.69) is 115 Å². The lowest BCUT2D eigenvalue weighted by Crippen LogP contribution is -2.65. The molecule has 2 fully saturated rings. The number of benzene rings is 8. The van der Waals surface area contributed by atoms with Crippen molar-refractivity contribution < 1.29 is 90.4 Å². The molecule has 7 amide bonds. The topological polar surface area (TPSA) is 379 Å². The Bertz CT molecular complexity index is 4240. The van der Waals surface area contributed by atoms with Crippen LogP contribution in [0, 0.1) is 0 Å². The predicted molar refractivity (Wildman–Crippen MR) is 435 cm³/mol. The standard InChI is InChI=1S/C85H116N10O19/c86-28-37-105-41-45-109-49-53-113-57-55-112-52-48-108-44-40-104-36-23-75(98)94-85(26-32-89-33-27-85)83(102)93-71(59-67-16-14-65-12-10-61-5-3-7-63-18-20-69(67)78(65)76(61)63)80(99)90-29-2-1-9-74(97)92-72(60-68-17-15-66-13-11-62-6-4-8-64-19-21-70(68)79(66)77(62)64)81(100)95-84(24-30-88-31-25-84)82(101)91-34-38-106-42-46-110-50-54-114-58-56-111-51-47-107-43-39-103-35-22-73(87)96/h3-8,10-21,71-72,88-89H,1-2,9,22-60,86H2,(H2,87,96)(H,90,99)(H,91,101)(H,92,97)(H,93,102)(H,94,98)(H,95,100)/t71-,72+/m0/s1. The minimum Gasteiger partial charge on any atom is -0.379 e. The van der Waals surface area contributed by atoms with Gasteiger partial charge in [0, 0.05) is 51.7 Å². The molecule has 0 aromatic heterocycles. The highest BCUT2D eigenvalue weighted by Crippen LogP contribution is 2.38. The summed E-state index contributed by atoms with van der Waals surface area (Å²) in [4.78, 5) is 98.3. The van der Waals surface area contributed by atoms with Crippen LogP contribution < -0.4 is 54.0 Å². The molecule has 0 saturated carbocycles. The highest BCUT2D eigenvalue weighted by Gasteiger charge is 2.44. The summed E-state index contributed by atoms with van der Waals surface area (Å²) >= 11 is 0. The monoisotopic (exact) mass is 1580 g/mol. The van der Waals surface area contributed by atoms with E-state index < -0.39 is 46.8 Å². The Morgan fingerprint density at radius 2 is 0.719 bits per heavy atom. The number of hydrogen-bond donors (Lipinski definition) is 10. The number of rotatable bonds is 58. The maximum Gasteiger partial charge on any atom is 0.246 e. The first-order chi connectivity index (χ1) is 55.8.